The van der Waals surface area contributed by atoms with E-state index in [0.717, 1.165) is 30.7 Å². The van der Waals surface area contributed by atoms with Gasteiger partial charge >= 0.3 is 0 Å². The molecule has 1 unspecified atom stereocenters. The van der Waals surface area contributed by atoms with E-state index >= 15 is 0 Å². The summed E-state index contributed by atoms with van der Waals surface area (Å²) in [4.78, 5) is 16.2. The van der Waals surface area contributed by atoms with Crippen LogP contribution in [-0.4, -0.2) is 34.7 Å². The molecule has 0 radical (unpaired) electrons. The lowest BCUT2D eigenvalue weighted by Gasteiger charge is -2.10. The third kappa shape index (κ3) is 3.70. The Labute approximate surface area is 124 Å². The summed E-state index contributed by atoms with van der Waals surface area (Å²) in [7, 11) is 0. The minimum Gasteiger partial charge on any atom is -0.376 e. The monoisotopic (exact) mass is 285 g/mol. The summed E-state index contributed by atoms with van der Waals surface area (Å²) in [5.74, 6) is -0.0116. The molecule has 0 saturated carbocycles. The number of ether oxygens (including phenoxy) is 1. The van der Waals surface area contributed by atoms with Crippen molar-refractivity contribution < 1.29 is 9.53 Å². The van der Waals surface area contributed by atoms with Crippen molar-refractivity contribution in [3.63, 3.8) is 0 Å². The summed E-state index contributed by atoms with van der Waals surface area (Å²) in [6.45, 7) is 1.69. The fraction of sp³-hybridized carbons (Fsp3) is 0.375. The summed E-state index contributed by atoms with van der Waals surface area (Å²) >= 11 is 0. The molecule has 0 bridgehead atoms. The molecule has 1 aromatic carbocycles. The molecule has 1 amide bonds. The highest BCUT2D eigenvalue weighted by atomic mass is 16.5. The van der Waals surface area contributed by atoms with Crippen molar-refractivity contribution in [1.29, 1.82) is 0 Å². The minimum atomic E-state index is -0.0116. The van der Waals surface area contributed by atoms with Gasteiger partial charge in [0.15, 0.2) is 0 Å². The highest BCUT2D eigenvalue weighted by Crippen LogP contribution is 2.15. The number of carbonyl (C=O) groups is 1. The average Bonchev–Trinajstić information content (AvgIpc) is 3.17. The van der Waals surface area contributed by atoms with Crippen molar-refractivity contribution in [3.8, 4) is 11.3 Å². The Hall–Kier alpha value is -2.14. The highest BCUT2D eigenvalue weighted by Gasteiger charge is 2.16. The van der Waals surface area contributed by atoms with E-state index in [1.165, 1.54) is 0 Å². The molecular weight excluding hydrogens is 266 g/mol. The summed E-state index contributed by atoms with van der Waals surface area (Å²) in [5.41, 5.74) is 1.93. The lowest BCUT2D eigenvalue weighted by molar-refractivity contribution is -0.122. The molecule has 0 aliphatic carbocycles. The minimum absolute atomic E-state index is 0.0116. The number of amides is 1. The number of rotatable bonds is 5. The van der Waals surface area contributed by atoms with E-state index in [-0.39, 0.29) is 18.6 Å². The summed E-state index contributed by atoms with van der Waals surface area (Å²) < 4.78 is 7.28. The zero-order valence-electron chi connectivity index (χ0n) is 11.9. The van der Waals surface area contributed by atoms with Crippen LogP contribution in [-0.2, 0) is 16.1 Å². The Bertz CT molecular complexity index is 589. The normalized spacial score (nSPS) is 17.8. The van der Waals surface area contributed by atoms with E-state index in [0.29, 0.717) is 6.54 Å². The molecule has 1 saturated heterocycles. The van der Waals surface area contributed by atoms with Gasteiger partial charge in [0.2, 0.25) is 5.91 Å². The lowest BCUT2D eigenvalue weighted by atomic mass is 10.2. The molecule has 0 spiro atoms. The average molecular weight is 285 g/mol. The first-order chi connectivity index (χ1) is 10.3. The fourth-order valence-corrected chi connectivity index (χ4v) is 2.46. The summed E-state index contributed by atoms with van der Waals surface area (Å²) in [6, 6.07) is 9.93. The standard InChI is InChI=1S/C16H19N3O2/c20-16(17-9-14-7-4-8-21-14)11-19-10-15(18-12-19)13-5-2-1-3-6-13/h1-3,5-6,10,12,14H,4,7-9,11H2,(H,17,20). The van der Waals surface area contributed by atoms with Gasteiger partial charge in [-0.05, 0) is 12.8 Å². The third-order valence-corrected chi connectivity index (χ3v) is 3.58. The van der Waals surface area contributed by atoms with E-state index < -0.39 is 0 Å². The van der Waals surface area contributed by atoms with Crippen molar-refractivity contribution in [2.45, 2.75) is 25.5 Å². The van der Waals surface area contributed by atoms with Crippen LogP contribution in [0.5, 0.6) is 0 Å². The van der Waals surface area contributed by atoms with Gasteiger partial charge in [-0.25, -0.2) is 4.98 Å². The number of aromatic nitrogens is 2. The lowest BCUT2D eigenvalue weighted by Crippen LogP contribution is -2.33. The third-order valence-electron chi connectivity index (χ3n) is 3.58. The van der Waals surface area contributed by atoms with Crippen LogP contribution in [0.25, 0.3) is 11.3 Å². The molecule has 3 rings (SSSR count). The maximum absolute atomic E-state index is 11.9. The molecule has 1 aliphatic rings. The molecule has 1 aromatic heterocycles. The SMILES string of the molecule is O=C(Cn1cnc(-c2ccccc2)c1)NCC1CCCO1. The van der Waals surface area contributed by atoms with Gasteiger partial charge in [-0.3, -0.25) is 4.79 Å². The van der Waals surface area contributed by atoms with Gasteiger partial charge in [0.25, 0.3) is 0 Å². The number of nitrogens with zero attached hydrogens (tertiary/aromatic N) is 2. The van der Waals surface area contributed by atoms with Crippen molar-refractivity contribution in [3.05, 3.63) is 42.9 Å². The van der Waals surface area contributed by atoms with Crippen LogP contribution in [0, 0.1) is 0 Å². The van der Waals surface area contributed by atoms with Crippen LogP contribution in [0.4, 0.5) is 0 Å². The quantitative estimate of drug-likeness (QED) is 0.912. The topological polar surface area (TPSA) is 56.2 Å². The number of nitrogens with one attached hydrogen (secondary N) is 1. The predicted molar refractivity (Wildman–Crippen MR) is 79.6 cm³/mol. The predicted octanol–water partition coefficient (Wildman–Crippen LogP) is 1.85. The van der Waals surface area contributed by atoms with E-state index in [9.17, 15) is 4.79 Å². The molecule has 5 heteroatoms. The highest BCUT2D eigenvalue weighted by molar-refractivity contribution is 5.75. The van der Waals surface area contributed by atoms with E-state index in [1.807, 2.05) is 36.5 Å². The fourth-order valence-electron chi connectivity index (χ4n) is 2.46. The Balaban J connectivity index is 1.53. The second kappa shape index (κ2) is 6.54. The Kier molecular flexibility index (Phi) is 4.31. The van der Waals surface area contributed by atoms with Gasteiger partial charge in [-0.2, -0.15) is 0 Å². The second-order valence-corrected chi connectivity index (χ2v) is 5.24. The van der Waals surface area contributed by atoms with Gasteiger partial charge in [-0.1, -0.05) is 30.3 Å². The van der Waals surface area contributed by atoms with E-state index in [4.69, 9.17) is 4.74 Å². The van der Waals surface area contributed by atoms with E-state index in [2.05, 4.69) is 10.3 Å². The molecule has 1 fully saturated rings. The molecule has 5 nitrogen and oxygen atoms in total. The summed E-state index contributed by atoms with van der Waals surface area (Å²) in [5, 5.41) is 2.91. The Morgan fingerprint density at radius 3 is 3.00 bits per heavy atom. The second-order valence-electron chi connectivity index (χ2n) is 5.24. The molecular formula is C16H19N3O2. The molecule has 1 aliphatic heterocycles. The van der Waals surface area contributed by atoms with Crippen molar-refractivity contribution in [2.24, 2.45) is 0 Å². The first kappa shape index (κ1) is 13.8. The zero-order valence-corrected chi connectivity index (χ0v) is 11.9. The number of hydrogen-bond donors (Lipinski definition) is 1. The van der Waals surface area contributed by atoms with Crippen LogP contribution >= 0.6 is 0 Å². The molecule has 2 heterocycles. The first-order valence-corrected chi connectivity index (χ1v) is 7.27. The smallest absolute Gasteiger partial charge is 0.240 e. The number of benzene rings is 1. The van der Waals surface area contributed by atoms with Gasteiger partial charge in [-0.15, -0.1) is 0 Å². The zero-order chi connectivity index (χ0) is 14.5. The number of hydrogen-bond acceptors (Lipinski definition) is 3. The van der Waals surface area contributed by atoms with Crippen LogP contribution in [0.1, 0.15) is 12.8 Å². The molecule has 1 N–H and O–H groups in total. The van der Waals surface area contributed by atoms with Crippen LogP contribution in [0.3, 0.4) is 0 Å². The molecule has 1 atom stereocenters. The van der Waals surface area contributed by atoms with Crippen molar-refractivity contribution >= 4 is 5.91 Å². The molecule has 2 aromatic rings. The Morgan fingerprint density at radius 1 is 1.38 bits per heavy atom. The van der Waals surface area contributed by atoms with Gasteiger partial charge in [0, 0.05) is 24.9 Å². The molecule has 110 valence electrons. The van der Waals surface area contributed by atoms with Crippen molar-refractivity contribution in [2.75, 3.05) is 13.2 Å². The van der Waals surface area contributed by atoms with Crippen LogP contribution in [0.2, 0.25) is 0 Å². The maximum Gasteiger partial charge on any atom is 0.240 e. The maximum atomic E-state index is 11.9. The number of carbonyl (C=O) groups excluding carboxylic acids is 1. The van der Waals surface area contributed by atoms with Crippen LogP contribution < -0.4 is 5.32 Å². The molecule has 21 heavy (non-hydrogen) atoms. The number of imidazole rings is 1. The summed E-state index contributed by atoms with van der Waals surface area (Å²) in [6.07, 6.45) is 5.87. The van der Waals surface area contributed by atoms with E-state index in [1.54, 1.807) is 10.9 Å². The van der Waals surface area contributed by atoms with Gasteiger partial charge < -0.3 is 14.6 Å². The van der Waals surface area contributed by atoms with Gasteiger partial charge in [0.05, 0.1) is 18.1 Å². The first-order valence-electron chi connectivity index (χ1n) is 7.27. The largest absolute Gasteiger partial charge is 0.376 e. The van der Waals surface area contributed by atoms with Crippen LogP contribution in [0.15, 0.2) is 42.9 Å². The Morgan fingerprint density at radius 2 is 2.24 bits per heavy atom. The van der Waals surface area contributed by atoms with Gasteiger partial charge in [0.1, 0.15) is 6.54 Å². The van der Waals surface area contributed by atoms with Crippen molar-refractivity contribution in [1.82, 2.24) is 14.9 Å².